The lowest BCUT2D eigenvalue weighted by atomic mass is 9.64. The van der Waals surface area contributed by atoms with Crippen molar-refractivity contribution in [2.45, 2.75) is 129 Å². The maximum Gasteiger partial charge on any atom is 0.573 e. The number of nitrogens with zero attached hydrogens (tertiary/aromatic N) is 1. The van der Waals surface area contributed by atoms with Crippen molar-refractivity contribution in [3.8, 4) is 11.5 Å². The molecule has 1 amide bonds. The van der Waals surface area contributed by atoms with Crippen molar-refractivity contribution in [1.82, 2.24) is 4.90 Å². The first kappa shape index (κ1) is 43.4. The van der Waals surface area contributed by atoms with E-state index in [1.54, 1.807) is 31.4 Å². The van der Waals surface area contributed by atoms with Crippen LogP contribution in [-0.2, 0) is 27.3 Å². The number of esters is 1. The zero-order valence-corrected chi connectivity index (χ0v) is 35.3. The first-order valence-corrected chi connectivity index (χ1v) is 20.9. The molecule has 3 aromatic carbocycles. The van der Waals surface area contributed by atoms with Gasteiger partial charge in [-0.2, -0.15) is 0 Å². The molecule has 8 rings (SSSR count). The minimum absolute atomic E-state index is 0.0858. The zero-order chi connectivity index (χ0) is 43.5. The number of carbonyl (C=O) groups is 3. The van der Waals surface area contributed by atoms with Gasteiger partial charge in [0.2, 0.25) is 0 Å². The monoisotopic (exact) mass is 831 g/mol. The molecular weight excluding hydrogens is 776 g/mol. The van der Waals surface area contributed by atoms with E-state index in [9.17, 15) is 33.0 Å². The highest BCUT2D eigenvalue weighted by atomic mass is 19.4. The fraction of sp³-hybridized carbons (Fsp3) is 0.521. The summed E-state index contributed by atoms with van der Waals surface area (Å²) in [7, 11) is 1.56. The van der Waals surface area contributed by atoms with E-state index in [-0.39, 0.29) is 37.6 Å². The molecule has 2 saturated carbocycles. The molecule has 12 heteroatoms. The number of methoxy groups -OCH3 is 1. The summed E-state index contributed by atoms with van der Waals surface area (Å²) in [6.45, 7) is 9.35. The lowest BCUT2D eigenvalue weighted by Gasteiger charge is -2.47. The quantitative estimate of drug-likeness (QED) is 0.125. The average Bonchev–Trinajstić information content (AvgIpc) is 3.63. The second-order valence-electron chi connectivity index (χ2n) is 18.5. The lowest BCUT2D eigenvalue weighted by molar-refractivity contribution is -0.274. The molecule has 1 aliphatic heterocycles. The molecule has 3 aromatic rings. The van der Waals surface area contributed by atoms with Crippen LogP contribution in [0.15, 0.2) is 78.4 Å². The van der Waals surface area contributed by atoms with Gasteiger partial charge in [0.1, 0.15) is 11.5 Å². The van der Waals surface area contributed by atoms with Crippen molar-refractivity contribution in [2.75, 3.05) is 13.7 Å². The first-order chi connectivity index (χ1) is 28.1. The van der Waals surface area contributed by atoms with Gasteiger partial charge in [-0.15, -0.1) is 13.2 Å². The van der Waals surface area contributed by atoms with Gasteiger partial charge in [0.25, 0.3) is 5.91 Å². The molecule has 5 aliphatic rings. The van der Waals surface area contributed by atoms with Crippen molar-refractivity contribution in [1.29, 1.82) is 0 Å². The summed E-state index contributed by atoms with van der Waals surface area (Å²) >= 11 is 0. The van der Waals surface area contributed by atoms with Crippen LogP contribution in [0, 0.1) is 16.2 Å². The maximum absolute atomic E-state index is 15.3. The molecule has 0 aromatic heterocycles. The number of amides is 1. The number of hydrogen-bond acceptors (Lipinski definition) is 8. The maximum atomic E-state index is 15.3. The lowest BCUT2D eigenvalue weighted by Crippen LogP contribution is -2.60. The molecule has 1 saturated heterocycles. The fourth-order valence-electron chi connectivity index (χ4n) is 10.6. The molecule has 1 heterocycles. The van der Waals surface area contributed by atoms with Crippen LogP contribution in [0.4, 0.5) is 13.2 Å². The van der Waals surface area contributed by atoms with Gasteiger partial charge < -0.3 is 29.3 Å². The largest absolute Gasteiger partial charge is 0.573 e. The van der Waals surface area contributed by atoms with Gasteiger partial charge in [-0.1, -0.05) is 56.7 Å². The Labute approximate surface area is 349 Å². The molecule has 9 nitrogen and oxygen atoms in total. The number of hydrogen-bond donors (Lipinski definition) is 2. The Hall–Kier alpha value is -4.68. The predicted molar refractivity (Wildman–Crippen MR) is 218 cm³/mol. The third-order valence-electron chi connectivity index (χ3n) is 15.0. The zero-order valence-electron chi connectivity index (χ0n) is 35.3. The number of ether oxygens (including phenoxy) is 3. The molecule has 60 heavy (non-hydrogen) atoms. The summed E-state index contributed by atoms with van der Waals surface area (Å²) in [5.74, 6) is -1.27. The van der Waals surface area contributed by atoms with Crippen LogP contribution in [-0.4, -0.2) is 70.1 Å². The van der Waals surface area contributed by atoms with Gasteiger partial charge in [0, 0.05) is 28.5 Å². The standard InChI is InChI=1S/C48H56F3NO8/c1-30-8-7-22-44(4)39(37-20-12-32(26-34(53)15-9-30)27-38(37)40(54)33-13-18-35(58-6)19-14-33)21-23-46(44,57)29-52(28-31-10-16-36(17-11-31)59-48(49,50)51)41(55)47-25-24-45(5,42(56)60-47)43(47,2)3/h8,10-14,16-20,27,34,39,53,57H,7,9,15,21-26,28-29H2,1-6H3. The van der Waals surface area contributed by atoms with E-state index in [0.29, 0.717) is 67.4 Å². The third kappa shape index (κ3) is 7.52. The van der Waals surface area contributed by atoms with Gasteiger partial charge in [-0.25, -0.2) is 0 Å². The normalized spacial score (nSPS) is 29.9. The Kier molecular flexibility index (Phi) is 11.3. The topological polar surface area (TPSA) is 123 Å². The van der Waals surface area contributed by atoms with Crippen LogP contribution in [0.5, 0.6) is 11.5 Å². The number of fused-ring (bicyclic) bond motifs is 10. The van der Waals surface area contributed by atoms with Crippen LogP contribution in [0.3, 0.4) is 0 Å². The Morgan fingerprint density at radius 1 is 0.917 bits per heavy atom. The molecule has 4 aliphatic carbocycles. The van der Waals surface area contributed by atoms with E-state index < -0.39 is 57.5 Å². The highest BCUT2D eigenvalue weighted by Crippen LogP contribution is 2.66. The Morgan fingerprint density at radius 2 is 1.60 bits per heavy atom. The van der Waals surface area contributed by atoms with Crippen molar-refractivity contribution < 1.29 is 52.0 Å². The van der Waals surface area contributed by atoms with Crippen LogP contribution in [0.25, 0.3) is 0 Å². The second-order valence-corrected chi connectivity index (χ2v) is 18.5. The van der Waals surface area contributed by atoms with E-state index >= 15 is 4.79 Å². The predicted octanol–water partition coefficient (Wildman–Crippen LogP) is 9.01. The van der Waals surface area contributed by atoms with Gasteiger partial charge >= 0.3 is 12.3 Å². The Bertz CT molecular complexity index is 2170. The molecule has 0 spiro atoms. The van der Waals surface area contributed by atoms with Crippen LogP contribution < -0.4 is 9.47 Å². The number of halogens is 3. The summed E-state index contributed by atoms with van der Waals surface area (Å²) in [6.07, 6.45) is 0.773. The van der Waals surface area contributed by atoms with Gasteiger partial charge in [0.15, 0.2) is 11.4 Å². The second kappa shape index (κ2) is 15.7. The van der Waals surface area contributed by atoms with Crippen LogP contribution in [0.1, 0.15) is 125 Å². The van der Waals surface area contributed by atoms with Crippen molar-refractivity contribution in [2.24, 2.45) is 16.2 Å². The highest BCUT2D eigenvalue weighted by Gasteiger charge is 2.76. The minimum Gasteiger partial charge on any atom is -0.497 e. The molecular formula is C48H56F3NO8. The van der Waals surface area contributed by atoms with Crippen molar-refractivity contribution in [3.63, 3.8) is 0 Å². The summed E-state index contributed by atoms with van der Waals surface area (Å²) in [6, 6.07) is 18.0. The molecule has 4 bridgehead atoms. The van der Waals surface area contributed by atoms with Crippen molar-refractivity contribution >= 4 is 17.7 Å². The number of alkyl halides is 3. The van der Waals surface area contributed by atoms with Crippen LogP contribution >= 0.6 is 0 Å². The number of aliphatic hydroxyl groups is 2. The Morgan fingerprint density at radius 3 is 2.22 bits per heavy atom. The molecule has 6 atom stereocenters. The smallest absolute Gasteiger partial charge is 0.497 e. The average molecular weight is 832 g/mol. The van der Waals surface area contributed by atoms with Gasteiger partial charge in [-0.3, -0.25) is 14.4 Å². The van der Waals surface area contributed by atoms with Gasteiger partial charge in [-0.05, 0) is 137 Å². The summed E-state index contributed by atoms with van der Waals surface area (Å²) in [5.41, 5.74) is -1.66. The van der Waals surface area contributed by atoms with E-state index in [1.807, 2.05) is 52.8 Å². The highest BCUT2D eigenvalue weighted by molar-refractivity contribution is 6.10. The summed E-state index contributed by atoms with van der Waals surface area (Å²) in [5, 5.41) is 24.4. The van der Waals surface area contributed by atoms with Gasteiger partial charge in [0.05, 0.1) is 30.8 Å². The first-order valence-electron chi connectivity index (χ1n) is 20.9. The number of carbonyl (C=O) groups excluding carboxylic acids is 3. The fourth-order valence-corrected chi connectivity index (χ4v) is 10.6. The number of aliphatic hydroxyl groups excluding tert-OH is 1. The SMILES string of the molecule is COc1ccc(C(=O)c2cc3ccc2C2CCC(O)(CN(Cc4ccc(OC(F)(F)F)cc4)C(=O)C45CCC(C)(C(=O)O4)C5(C)C)C2(C)CCC=C(C)CCC(O)C3)cc1. The number of benzene rings is 3. The number of rotatable bonds is 9. The van der Waals surface area contributed by atoms with E-state index in [1.165, 1.54) is 29.2 Å². The van der Waals surface area contributed by atoms with E-state index in [4.69, 9.17) is 9.47 Å². The number of allylic oxidation sites excluding steroid dienone is 2. The molecule has 0 radical (unpaired) electrons. The van der Waals surface area contributed by atoms with E-state index in [2.05, 4.69) is 10.8 Å². The molecule has 322 valence electrons. The number of ketones is 1. The van der Waals surface area contributed by atoms with Crippen molar-refractivity contribution in [3.05, 3.63) is 106 Å². The summed E-state index contributed by atoms with van der Waals surface area (Å²) < 4.78 is 54.7. The Balaban J connectivity index is 1.31. The minimum atomic E-state index is -4.88. The molecule has 3 fully saturated rings. The third-order valence-corrected chi connectivity index (χ3v) is 15.0. The van der Waals surface area contributed by atoms with E-state index in [0.717, 1.165) is 16.7 Å². The molecule has 2 N–H and O–H groups in total. The molecule has 6 unspecified atom stereocenters. The summed E-state index contributed by atoms with van der Waals surface area (Å²) in [4.78, 5) is 44.7. The van der Waals surface area contributed by atoms with Crippen LogP contribution in [0.2, 0.25) is 0 Å².